The van der Waals surface area contributed by atoms with Crippen LogP contribution in [0.3, 0.4) is 0 Å². The van der Waals surface area contributed by atoms with E-state index in [4.69, 9.17) is 11.6 Å². The molecule has 3 rings (SSSR count). The molecule has 0 spiro atoms. The van der Waals surface area contributed by atoms with Gasteiger partial charge in [-0.1, -0.05) is 29.3 Å². The fraction of sp³-hybridized carbons (Fsp3) is 0.278. The highest BCUT2D eigenvalue weighted by Crippen LogP contribution is 2.25. The molecule has 1 N–H and O–H groups in total. The number of halogens is 1. The van der Waals surface area contributed by atoms with Crippen molar-refractivity contribution >= 4 is 33.2 Å². The molecule has 1 saturated heterocycles. The molecule has 1 fully saturated rings. The molecule has 0 radical (unpaired) electrons. The van der Waals surface area contributed by atoms with Gasteiger partial charge in [0.05, 0.1) is 4.90 Å². The summed E-state index contributed by atoms with van der Waals surface area (Å²) in [5, 5.41) is 0.481. The zero-order chi connectivity index (χ0) is 18.0. The molecule has 1 atom stereocenters. The second-order valence-electron chi connectivity index (χ2n) is 6.22. The molecule has 0 saturated carbocycles. The maximum absolute atomic E-state index is 12.3. The molecule has 2 aromatic rings. The molecule has 1 aliphatic heterocycles. The SMILES string of the molecule is Cc1ccc(N2C[C@@H](CNS(=O)(=O)c3ccc(Cl)cc3)CC2=O)cc1. The fourth-order valence-corrected chi connectivity index (χ4v) is 4.06. The van der Waals surface area contributed by atoms with E-state index in [1.54, 1.807) is 4.90 Å². The van der Waals surface area contributed by atoms with Gasteiger partial charge in [-0.15, -0.1) is 0 Å². The van der Waals surface area contributed by atoms with Gasteiger partial charge in [0.15, 0.2) is 0 Å². The molecule has 0 unspecified atom stereocenters. The quantitative estimate of drug-likeness (QED) is 0.869. The summed E-state index contributed by atoms with van der Waals surface area (Å²) in [7, 11) is -3.61. The van der Waals surface area contributed by atoms with Crippen LogP contribution in [0.4, 0.5) is 5.69 Å². The van der Waals surface area contributed by atoms with Crippen LogP contribution >= 0.6 is 11.6 Å². The minimum atomic E-state index is -3.61. The molecule has 7 heteroatoms. The van der Waals surface area contributed by atoms with E-state index in [0.717, 1.165) is 11.3 Å². The molecular weight excluding hydrogens is 360 g/mol. The Morgan fingerprint density at radius 1 is 1.12 bits per heavy atom. The van der Waals surface area contributed by atoms with Gasteiger partial charge in [0.1, 0.15) is 0 Å². The molecule has 1 aliphatic rings. The number of amides is 1. The first-order valence-corrected chi connectivity index (χ1v) is 9.83. The van der Waals surface area contributed by atoms with Crippen molar-refractivity contribution < 1.29 is 13.2 Å². The first kappa shape index (κ1) is 17.9. The Bertz CT molecular complexity index is 864. The Morgan fingerprint density at radius 3 is 2.40 bits per heavy atom. The average Bonchev–Trinajstić information content (AvgIpc) is 2.95. The molecule has 132 valence electrons. The second kappa shape index (κ2) is 7.15. The van der Waals surface area contributed by atoms with Crippen LogP contribution < -0.4 is 9.62 Å². The third kappa shape index (κ3) is 4.21. The summed E-state index contributed by atoms with van der Waals surface area (Å²) >= 11 is 5.78. The number of carbonyl (C=O) groups excluding carboxylic acids is 1. The summed E-state index contributed by atoms with van der Waals surface area (Å²) in [6, 6.07) is 13.7. The number of nitrogens with one attached hydrogen (secondary N) is 1. The van der Waals surface area contributed by atoms with Crippen molar-refractivity contribution in [1.82, 2.24) is 4.72 Å². The van der Waals surface area contributed by atoms with Crippen molar-refractivity contribution in [2.24, 2.45) is 5.92 Å². The van der Waals surface area contributed by atoms with Gasteiger partial charge in [0.25, 0.3) is 0 Å². The minimum absolute atomic E-state index is 0.0135. The molecule has 0 aromatic heterocycles. The van der Waals surface area contributed by atoms with Crippen LogP contribution in [0.2, 0.25) is 5.02 Å². The van der Waals surface area contributed by atoms with Crippen LogP contribution in [0.25, 0.3) is 0 Å². The van der Waals surface area contributed by atoms with E-state index in [-0.39, 0.29) is 23.3 Å². The van der Waals surface area contributed by atoms with Crippen LogP contribution in [-0.4, -0.2) is 27.4 Å². The highest BCUT2D eigenvalue weighted by atomic mass is 35.5. The number of rotatable bonds is 5. The van der Waals surface area contributed by atoms with Crippen LogP contribution in [-0.2, 0) is 14.8 Å². The number of nitrogens with zero attached hydrogens (tertiary/aromatic N) is 1. The van der Waals surface area contributed by atoms with Gasteiger partial charge in [-0.3, -0.25) is 4.79 Å². The van der Waals surface area contributed by atoms with Gasteiger partial charge in [-0.25, -0.2) is 13.1 Å². The molecule has 2 aromatic carbocycles. The van der Waals surface area contributed by atoms with E-state index >= 15 is 0 Å². The zero-order valence-electron chi connectivity index (χ0n) is 13.8. The van der Waals surface area contributed by atoms with E-state index in [0.29, 0.717) is 18.0 Å². The summed E-state index contributed by atoms with van der Waals surface area (Å²) in [6.45, 7) is 2.72. The number of benzene rings is 2. The van der Waals surface area contributed by atoms with Gasteiger partial charge in [-0.2, -0.15) is 0 Å². The van der Waals surface area contributed by atoms with E-state index in [1.165, 1.54) is 24.3 Å². The monoisotopic (exact) mass is 378 g/mol. The van der Waals surface area contributed by atoms with Crippen molar-refractivity contribution in [3.63, 3.8) is 0 Å². The molecule has 1 heterocycles. The molecule has 0 aliphatic carbocycles. The number of sulfonamides is 1. The molecular formula is C18H19ClN2O3S. The maximum atomic E-state index is 12.3. The zero-order valence-corrected chi connectivity index (χ0v) is 15.3. The smallest absolute Gasteiger partial charge is 0.240 e. The van der Waals surface area contributed by atoms with Gasteiger partial charge >= 0.3 is 0 Å². The molecule has 5 nitrogen and oxygen atoms in total. The molecule has 1 amide bonds. The summed E-state index contributed by atoms with van der Waals surface area (Å²) in [6.07, 6.45) is 0.330. The van der Waals surface area contributed by atoms with Crippen LogP contribution in [0.1, 0.15) is 12.0 Å². The Balaban J connectivity index is 1.63. The summed E-state index contributed by atoms with van der Waals surface area (Å²) in [4.78, 5) is 14.1. The van der Waals surface area contributed by atoms with E-state index in [1.807, 2.05) is 31.2 Å². The topological polar surface area (TPSA) is 66.5 Å². The number of hydrogen-bond donors (Lipinski definition) is 1. The Kier molecular flexibility index (Phi) is 5.13. The van der Waals surface area contributed by atoms with Gasteiger partial charge in [0, 0.05) is 30.2 Å². The Hall–Kier alpha value is -1.89. The number of aryl methyl sites for hydroxylation is 1. The third-order valence-electron chi connectivity index (χ3n) is 4.24. The van der Waals surface area contributed by atoms with Crippen molar-refractivity contribution in [1.29, 1.82) is 0 Å². The van der Waals surface area contributed by atoms with Crippen LogP contribution in [0.15, 0.2) is 53.4 Å². The Morgan fingerprint density at radius 2 is 1.76 bits per heavy atom. The van der Waals surface area contributed by atoms with Crippen molar-refractivity contribution in [2.75, 3.05) is 18.0 Å². The lowest BCUT2D eigenvalue weighted by atomic mass is 10.1. The highest BCUT2D eigenvalue weighted by molar-refractivity contribution is 7.89. The molecule has 25 heavy (non-hydrogen) atoms. The van der Waals surface area contributed by atoms with Crippen molar-refractivity contribution in [3.8, 4) is 0 Å². The summed E-state index contributed by atoms with van der Waals surface area (Å²) in [5.41, 5.74) is 1.97. The predicted molar refractivity (Wildman–Crippen MR) is 98.3 cm³/mol. The normalized spacial score (nSPS) is 17.9. The lowest BCUT2D eigenvalue weighted by Gasteiger charge is -2.17. The van der Waals surface area contributed by atoms with Gasteiger partial charge < -0.3 is 4.90 Å². The minimum Gasteiger partial charge on any atom is -0.312 e. The third-order valence-corrected chi connectivity index (χ3v) is 5.93. The Labute approximate surface area is 152 Å². The van der Waals surface area contributed by atoms with Crippen LogP contribution in [0, 0.1) is 12.8 Å². The predicted octanol–water partition coefficient (Wildman–Crippen LogP) is 2.98. The van der Waals surface area contributed by atoms with Crippen molar-refractivity contribution in [3.05, 3.63) is 59.1 Å². The lowest BCUT2D eigenvalue weighted by molar-refractivity contribution is -0.117. The first-order chi connectivity index (χ1) is 11.8. The number of anilines is 1. The lowest BCUT2D eigenvalue weighted by Crippen LogP contribution is -2.31. The van der Waals surface area contributed by atoms with E-state index in [9.17, 15) is 13.2 Å². The van der Waals surface area contributed by atoms with Gasteiger partial charge in [0.2, 0.25) is 15.9 Å². The highest BCUT2D eigenvalue weighted by Gasteiger charge is 2.31. The van der Waals surface area contributed by atoms with E-state index < -0.39 is 10.0 Å². The molecule has 0 bridgehead atoms. The number of hydrogen-bond acceptors (Lipinski definition) is 3. The fourth-order valence-electron chi connectivity index (χ4n) is 2.82. The average molecular weight is 379 g/mol. The standard InChI is InChI=1S/C18H19ClN2O3S/c1-13-2-6-16(7-3-13)21-12-14(10-18(21)22)11-20-25(23,24)17-8-4-15(19)5-9-17/h2-9,14,20H,10-12H2,1H3/t14-/m1/s1. The maximum Gasteiger partial charge on any atom is 0.240 e. The summed E-state index contributed by atoms with van der Waals surface area (Å²) < 4.78 is 27.2. The van der Waals surface area contributed by atoms with Crippen LogP contribution in [0.5, 0.6) is 0 Å². The number of carbonyl (C=O) groups is 1. The first-order valence-electron chi connectivity index (χ1n) is 7.97. The summed E-state index contributed by atoms with van der Waals surface area (Å²) in [5.74, 6) is -0.0459. The van der Waals surface area contributed by atoms with Crippen molar-refractivity contribution in [2.45, 2.75) is 18.2 Å². The second-order valence-corrected chi connectivity index (χ2v) is 8.42. The van der Waals surface area contributed by atoms with E-state index in [2.05, 4.69) is 4.72 Å². The van der Waals surface area contributed by atoms with Gasteiger partial charge in [-0.05, 0) is 49.2 Å². The largest absolute Gasteiger partial charge is 0.312 e.